The second kappa shape index (κ2) is 7.92. The summed E-state index contributed by atoms with van der Waals surface area (Å²) in [5, 5.41) is 0.263. The third kappa shape index (κ3) is 4.80. The average Bonchev–Trinajstić information content (AvgIpc) is 2.61. The number of benzene rings is 2. The average molecular weight is 439 g/mol. The highest BCUT2D eigenvalue weighted by Gasteiger charge is 2.20. The first-order chi connectivity index (χ1) is 13.6. The van der Waals surface area contributed by atoms with Gasteiger partial charge in [-0.05, 0) is 35.9 Å². The van der Waals surface area contributed by atoms with Gasteiger partial charge in [0.25, 0.3) is 0 Å². The minimum absolute atomic E-state index is 0.0542. The number of methoxy groups -OCH3 is 1. The van der Waals surface area contributed by atoms with Gasteiger partial charge in [0.1, 0.15) is 23.0 Å². The zero-order chi connectivity index (χ0) is 21.3. The van der Waals surface area contributed by atoms with Gasteiger partial charge in [0.05, 0.1) is 12.9 Å². The second-order valence-electron chi connectivity index (χ2n) is 6.44. The van der Waals surface area contributed by atoms with Gasteiger partial charge in [0.2, 0.25) is 5.95 Å². The van der Waals surface area contributed by atoms with Crippen molar-refractivity contribution in [3.8, 4) is 28.3 Å². The lowest BCUT2D eigenvalue weighted by molar-refractivity contribution is 0.412. The van der Waals surface area contributed by atoms with Crippen LogP contribution in [0.4, 0.5) is 14.7 Å². The van der Waals surface area contributed by atoms with E-state index in [2.05, 4.69) is 9.97 Å². The molecule has 1 atom stereocenters. The van der Waals surface area contributed by atoms with Crippen molar-refractivity contribution >= 4 is 27.3 Å². The Morgan fingerprint density at radius 1 is 1.17 bits per heavy atom. The Morgan fingerprint density at radius 3 is 2.52 bits per heavy atom. The van der Waals surface area contributed by atoms with Crippen LogP contribution in [0.15, 0.2) is 36.4 Å². The Labute approximate surface area is 171 Å². The van der Waals surface area contributed by atoms with E-state index in [0.29, 0.717) is 5.56 Å². The zero-order valence-corrected chi connectivity index (χ0v) is 17.1. The summed E-state index contributed by atoms with van der Waals surface area (Å²) in [6.07, 6.45) is 1.30. The number of ether oxygens (including phenoxy) is 1. The number of hydrogen-bond donors (Lipinski definition) is 2. The molecule has 0 aliphatic rings. The van der Waals surface area contributed by atoms with E-state index in [1.807, 2.05) is 0 Å². The lowest BCUT2D eigenvalue weighted by Gasteiger charge is -2.13. The topological polar surface area (TPSA) is 102 Å². The van der Waals surface area contributed by atoms with Crippen molar-refractivity contribution in [2.75, 3.05) is 19.1 Å². The van der Waals surface area contributed by atoms with E-state index in [0.717, 1.165) is 12.1 Å². The van der Waals surface area contributed by atoms with Gasteiger partial charge in [-0.25, -0.2) is 23.0 Å². The molecule has 0 aliphatic carbocycles. The van der Waals surface area contributed by atoms with Crippen LogP contribution in [0.25, 0.3) is 22.5 Å². The van der Waals surface area contributed by atoms with Crippen molar-refractivity contribution in [3.63, 3.8) is 0 Å². The minimum atomic E-state index is -2.84. The highest BCUT2D eigenvalue weighted by atomic mass is 35.5. The predicted molar refractivity (Wildman–Crippen MR) is 109 cm³/mol. The molecule has 3 rings (SSSR count). The van der Waals surface area contributed by atoms with E-state index >= 15 is 4.39 Å². The molecule has 3 N–H and O–H groups in total. The van der Waals surface area contributed by atoms with Gasteiger partial charge in [-0.2, -0.15) is 0 Å². The Bertz CT molecular complexity index is 1200. The van der Waals surface area contributed by atoms with Gasteiger partial charge in [0, 0.05) is 38.2 Å². The van der Waals surface area contributed by atoms with Crippen LogP contribution in [0.1, 0.15) is 5.56 Å². The molecule has 3 aromatic rings. The molecule has 1 unspecified atom stereocenters. The summed E-state index contributed by atoms with van der Waals surface area (Å²) in [5.41, 5.74) is 6.47. The van der Waals surface area contributed by atoms with Crippen LogP contribution >= 0.6 is 11.6 Å². The number of hydrogen-bond acceptors (Lipinski definition) is 6. The summed E-state index contributed by atoms with van der Waals surface area (Å²) in [6, 6.07) is 8.16. The number of nitrogens with two attached hydrogens (primary N) is 1. The third-order valence-electron chi connectivity index (χ3n) is 3.96. The maximum absolute atomic E-state index is 15.4. The molecule has 29 heavy (non-hydrogen) atoms. The quantitative estimate of drug-likeness (QED) is 0.610. The molecule has 0 radical (unpaired) electrons. The number of anilines is 1. The zero-order valence-electron chi connectivity index (χ0n) is 15.5. The molecule has 2 aromatic carbocycles. The number of nitrogen functional groups attached to an aromatic ring is 1. The molecule has 10 heteroatoms. The van der Waals surface area contributed by atoms with E-state index in [-0.39, 0.29) is 45.0 Å². The molecule has 6 nitrogen and oxygen atoms in total. The standard InChI is InChI=1S/C19H17ClF2N4O2S/c1-28-15-8-13(21)3-4-14(15)18-16(22)17(25-19(23)26-18)11-5-10(6-12(20)7-11)9-29(2,24)27/h3-8,24H,9H2,1-2H3,(H2,23,25,26). The summed E-state index contributed by atoms with van der Waals surface area (Å²) in [7, 11) is -1.51. The van der Waals surface area contributed by atoms with Crippen LogP contribution in [0.3, 0.4) is 0 Å². The van der Waals surface area contributed by atoms with Crippen molar-refractivity contribution in [2.24, 2.45) is 0 Å². The Hall–Kier alpha value is -2.78. The first kappa shape index (κ1) is 20.9. The lowest BCUT2D eigenvalue weighted by atomic mass is 10.0. The van der Waals surface area contributed by atoms with Crippen molar-refractivity contribution < 1.29 is 17.7 Å². The maximum Gasteiger partial charge on any atom is 0.221 e. The number of aromatic nitrogens is 2. The maximum atomic E-state index is 15.4. The van der Waals surface area contributed by atoms with E-state index < -0.39 is 21.4 Å². The smallest absolute Gasteiger partial charge is 0.221 e. The van der Waals surface area contributed by atoms with Gasteiger partial charge < -0.3 is 10.5 Å². The predicted octanol–water partition coefficient (Wildman–Crippen LogP) is 4.51. The molecule has 0 amide bonds. The van der Waals surface area contributed by atoms with Crippen molar-refractivity contribution in [3.05, 3.63) is 58.6 Å². The van der Waals surface area contributed by atoms with Crippen LogP contribution in [0.2, 0.25) is 5.02 Å². The SMILES string of the molecule is COc1cc(F)ccc1-c1nc(N)nc(-c2cc(Cl)cc(CS(C)(=N)=O)c2)c1F. The lowest BCUT2D eigenvalue weighted by Crippen LogP contribution is -2.05. The van der Waals surface area contributed by atoms with E-state index in [4.69, 9.17) is 26.9 Å². The van der Waals surface area contributed by atoms with Gasteiger partial charge in [-0.1, -0.05) is 11.6 Å². The summed E-state index contributed by atoms with van der Waals surface area (Å²) in [5.74, 6) is -1.53. The molecule has 0 fully saturated rings. The fourth-order valence-electron chi connectivity index (χ4n) is 2.88. The first-order valence-electron chi connectivity index (χ1n) is 8.25. The van der Waals surface area contributed by atoms with Crippen molar-refractivity contribution in [1.29, 1.82) is 4.78 Å². The monoisotopic (exact) mass is 438 g/mol. The molecule has 1 heterocycles. The number of nitrogens with one attached hydrogen (secondary N) is 1. The molecule has 0 bridgehead atoms. The highest BCUT2D eigenvalue weighted by molar-refractivity contribution is 7.90. The molecular weight excluding hydrogens is 422 g/mol. The van der Waals surface area contributed by atoms with Crippen LogP contribution in [0, 0.1) is 16.4 Å². The van der Waals surface area contributed by atoms with Gasteiger partial charge in [0.15, 0.2) is 5.82 Å². The Balaban J connectivity index is 2.21. The first-order valence-corrected chi connectivity index (χ1v) is 10.8. The van der Waals surface area contributed by atoms with Crippen LogP contribution < -0.4 is 10.5 Å². The largest absolute Gasteiger partial charge is 0.496 e. The summed E-state index contributed by atoms with van der Waals surface area (Å²) < 4.78 is 53.5. The summed E-state index contributed by atoms with van der Waals surface area (Å²) >= 11 is 6.13. The van der Waals surface area contributed by atoms with Gasteiger partial charge in [-0.15, -0.1) is 0 Å². The third-order valence-corrected chi connectivity index (χ3v) is 5.06. The van der Waals surface area contributed by atoms with Crippen LogP contribution in [0.5, 0.6) is 5.75 Å². The molecule has 0 spiro atoms. The van der Waals surface area contributed by atoms with Crippen LogP contribution in [-0.4, -0.2) is 27.5 Å². The highest BCUT2D eigenvalue weighted by Crippen LogP contribution is 2.35. The number of nitrogens with zero attached hydrogens (tertiary/aromatic N) is 2. The molecule has 152 valence electrons. The van der Waals surface area contributed by atoms with E-state index in [1.165, 1.54) is 25.5 Å². The second-order valence-corrected chi connectivity index (χ2v) is 9.17. The number of halogens is 3. The molecule has 1 aromatic heterocycles. The van der Waals surface area contributed by atoms with Gasteiger partial charge >= 0.3 is 0 Å². The van der Waals surface area contributed by atoms with Crippen molar-refractivity contribution in [1.82, 2.24) is 9.97 Å². The Kier molecular flexibility index (Phi) is 5.72. The molecule has 0 saturated heterocycles. The fraction of sp³-hybridized carbons (Fsp3) is 0.158. The Morgan fingerprint density at radius 2 is 1.86 bits per heavy atom. The summed E-state index contributed by atoms with van der Waals surface area (Å²) in [6.45, 7) is 0. The van der Waals surface area contributed by atoms with E-state index in [1.54, 1.807) is 12.1 Å². The molecular formula is C19H17ClF2N4O2S. The van der Waals surface area contributed by atoms with E-state index in [9.17, 15) is 8.60 Å². The minimum Gasteiger partial charge on any atom is -0.496 e. The van der Waals surface area contributed by atoms with Gasteiger partial charge in [-0.3, -0.25) is 4.78 Å². The number of rotatable bonds is 5. The normalized spacial score (nSPS) is 13.1. The fourth-order valence-corrected chi connectivity index (χ4v) is 3.94. The molecule has 0 saturated carbocycles. The summed E-state index contributed by atoms with van der Waals surface area (Å²) in [4.78, 5) is 7.93. The van der Waals surface area contributed by atoms with Crippen molar-refractivity contribution in [2.45, 2.75) is 5.75 Å². The molecule has 0 aliphatic heterocycles. The van der Waals surface area contributed by atoms with Crippen LogP contribution in [-0.2, 0) is 15.5 Å².